The van der Waals surface area contributed by atoms with Crippen LogP contribution in [0.5, 0.6) is 11.5 Å². The van der Waals surface area contributed by atoms with E-state index >= 15 is 0 Å². The summed E-state index contributed by atoms with van der Waals surface area (Å²) in [5.41, 5.74) is 2.61. The molecule has 35 heavy (non-hydrogen) atoms. The molecule has 1 saturated heterocycles. The number of aromatic nitrogens is 3. The van der Waals surface area contributed by atoms with Crippen molar-refractivity contribution in [2.45, 2.75) is 6.54 Å². The zero-order valence-corrected chi connectivity index (χ0v) is 19.0. The highest BCUT2D eigenvalue weighted by atomic mass is 16.7. The van der Waals surface area contributed by atoms with E-state index in [1.54, 1.807) is 33.9 Å². The van der Waals surface area contributed by atoms with Crippen molar-refractivity contribution >= 4 is 22.9 Å². The molecule has 1 amide bonds. The van der Waals surface area contributed by atoms with Gasteiger partial charge in [0.05, 0.1) is 6.54 Å². The number of benzene rings is 2. The van der Waals surface area contributed by atoms with E-state index < -0.39 is 0 Å². The Hall–Kier alpha value is -4.40. The Bertz CT molecular complexity index is 1460. The number of ether oxygens (including phenoxy) is 2. The Morgan fingerprint density at radius 1 is 0.914 bits per heavy atom. The minimum absolute atomic E-state index is 0.0693. The zero-order valence-electron chi connectivity index (χ0n) is 19.0. The van der Waals surface area contributed by atoms with E-state index in [-0.39, 0.29) is 18.3 Å². The largest absolute Gasteiger partial charge is 0.454 e. The molecule has 1 fully saturated rings. The summed E-state index contributed by atoms with van der Waals surface area (Å²) in [5, 5.41) is 0. The molecular formula is C26H23N5O4. The normalized spacial score (nSPS) is 15.0. The highest BCUT2D eigenvalue weighted by molar-refractivity contribution is 5.95. The average molecular weight is 470 g/mol. The van der Waals surface area contributed by atoms with Crippen LogP contribution in [0.15, 0.2) is 71.7 Å². The third-order valence-corrected chi connectivity index (χ3v) is 6.35. The molecule has 9 heteroatoms. The molecule has 0 radical (unpaired) electrons. The molecule has 2 aliphatic heterocycles. The predicted molar refractivity (Wildman–Crippen MR) is 130 cm³/mol. The lowest BCUT2D eigenvalue weighted by Gasteiger charge is -2.35. The van der Waals surface area contributed by atoms with E-state index in [2.05, 4.69) is 9.97 Å². The number of fused-ring (bicyclic) bond motifs is 2. The Labute approximate surface area is 201 Å². The second kappa shape index (κ2) is 8.75. The molecular weight excluding hydrogens is 446 g/mol. The summed E-state index contributed by atoms with van der Waals surface area (Å²) < 4.78 is 12.4. The van der Waals surface area contributed by atoms with Crippen molar-refractivity contribution in [2.75, 3.05) is 37.9 Å². The van der Waals surface area contributed by atoms with Crippen molar-refractivity contribution in [3.05, 3.63) is 88.3 Å². The monoisotopic (exact) mass is 469 g/mol. The number of carbonyl (C=O) groups excluding carboxylic acids is 1. The maximum Gasteiger partial charge on any atom is 0.295 e. The fourth-order valence-corrected chi connectivity index (χ4v) is 4.51. The molecule has 0 unspecified atom stereocenters. The van der Waals surface area contributed by atoms with Crippen LogP contribution in [-0.4, -0.2) is 58.3 Å². The lowest BCUT2D eigenvalue weighted by Crippen LogP contribution is -2.50. The van der Waals surface area contributed by atoms with E-state index in [9.17, 15) is 9.59 Å². The quantitative estimate of drug-likeness (QED) is 0.454. The molecule has 0 spiro atoms. The van der Waals surface area contributed by atoms with Crippen molar-refractivity contribution in [3.63, 3.8) is 0 Å². The molecule has 4 heterocycles. The molecule has 9 nitrogen and oxygen atoms in total. The molecule has 2 aliphatic rings. The minimum Gasteiger partial charge on any atom is -0.454 e. The highest BCUT2D eigenvalue weighted by Crippen LogP contribution is 2.33. The summed E-state index contributed by atoms with van der Waals surface area (Å²) in [6.45, 7) is 2.56. The van der Waals surface area contributed by atoms with Gasteiger partial charge in [-0.2, -0.15) is 0 Å². The summed E-state index contributed by atoms with van der Waals surface area (Å²) in [5.74, 6) is 1.55. The molecule has 0 atom stereocenters. The lowest BCUT2D eigenvalue weighted by atomic mass is 10.1. The van der Waals surface area contributed by atoms with Crippen molar-refractivity contribution in [1.29, 1.82) is 0 Å². The Balaban J connectivity index is 1.25. The molecule has 2 aromatic carbocycles. The van der Waals surface area contributed by atoms with Crippen LogP contribution in [0.2, 0.25) is 0 Å². The molecule has 2 aromatic heterocycles. The summed E-state index contributed by atoms with van der Waals surface area (Å²) in [6, 6.07) is 18.7. The van der Waals surface area contributed by atoms with Crippen LogP contribution in [0, 0.1) is 0 Å². The van der Waals surface area contributed by atoms with Gasteiger partial charge in [-0.3, -0.25) is 14.2 Å². The first kappa shape index (κ1) is 21.2. The van der Waals surface area contributed by atoms with Crippen LogP contribution in [0.4, 0.5) is 5.82 Å². The predicted octanol–water partition coefficient (Wildman–Crippen LogP) is 2.53. The number of anilines is 1. The van der Waals surface area contributed by atoms with Gasteiger partial charge in [0.1, 0.15) is 5.52 Å². The summed E-state index contributed by atoms with van der Waals surface area (Å²) >= 11 is 0. The van der Waals surface area contributed by atoms with Gasteiger partial charge < -0.3 is 19.3 Å². The van der Waals surface area contributed by atoms with Gasteiger partial charge in [-0.25, -0.2) is 9.97 Å². The molecule has 0 saturated carbocycles. The Morgan fingerprint density at radius 2 is 1.71 bits per heavy atom. The third-order valence-electron chi connectivity index (χ3n) is 6.35. The molecule has 0 bridgehead atoms. The third kappa shape index (κ3) is 3.95. The van der Waals surface area contributed by atoms with Crippen molar-refractivity contribution in [3.8, 4) is 11.5 Å². The second-order valence-electron chi connectivity index (χ2n) is 8.51. The average Bonchev–Trinajstić information content (AvgIpc) is 3.38. The van der Waals surface area contributed by atoms with Gasteiger partial charge in [-0.15, -0.1) is 0 Å². The van der Waals surface area contributed by atoms with Crippen LogP contribution < -0.4 is 19.9 Å². The van der Waals surface area contributed by atoms with Crippen LogP contribution in [0.1, 0.15) is 15.9 Å². The maximum absolute atomic E-state index is 13.5. The standard InChI is InChI=1S/C26H23N5O4/c32-25(19-8-9-21-22(15-19)35-17-34-21)30-13-11-29(12-14-30)24-26(33)31(16-18-5-2-1-3-6-18)23-20(28-24)7-4-10-27-23/h1-10,15H,11-14,16-17H2. The fourth-order valence-electron chi connectivity index (χ4n) is 4.51. The number of hydrogen-bond acceptors (Lipinski definition) is 7. The van der Waals surface area contributed by atoms with Crippen molar-refractivity contribution in [1.82, 2.24) is 19.4 Å². The first-order valence-electron chi connectivity index (χ1n) is 11.5. The van der Waals surface area contributed by atoms with E-state index in [1.807, 2.05) is 47.4 Å². The van der Waals surface area contributed by atoms with E-state index in [1.165, 1.54) is 0 Å². The molecule has 176 valence electrons. The van der Waals surface area contributed by atoms with E-state index in [0.717, 1.165) is 5.56 Å². The van der Waals surface area contributed by atoms with Crippen molar-refractivity contribution in [2.24, 2.45) is 0 Å². The van der Waals surface area contributed by atoms with Crippen molar-refractivity contribution < 1.29 is 14.3 Å². The van der Waals surface area contributed by atoms with Gasteiger partial charge in [0, 0.05) is 37.9 Å². The van der Waals surface area contributed by atoms with Gasteiger partial charge in [0.2, 0.25) is 6.79 Å². The van der Waals surface area contributed by atoms with E-state index in [4.69, 9.17) is 9.47 Å². The topological polar surface area (TPSA) is 89.8 Å². The van der Waals surface area contributed by atoms with Gasteiger partial charge in [-0.1, -0.05) is 30.3 Å². The maximum atomic E-state index is 13.5. The molecule has 0 aliphatic carbocycles. The number of piperazine rings is 1. The summed E-state index contributed by atoms with van der Waals surface area (Å²) in [6.07, 6.45) is 1.67. The highest BCUT2D eigenvalue weighted by Gasteiger charge is 2.27. The number of carbonyl (C=O) groups is 1. The Morgan fingerprint density at radius 3 is 2.54 bits per heavy atom. The second-order valence-corrected chi connectivity index (χ2v) is 8.51. The van der Waals surface area contributed by atoms with Crippen LogP contribution >= 0.6 is 0 Å². The molecule has 4 aromatic rings. The van der Waals surface area contributed by atoms with Crippen LogP contribution in [0.3, 0.4) is 0 Å². The van der Waals surface area contributed by atoms with Gasteiger partial charge in [0.15, 0.2) is 23.0 Å². The van der Waals surface area contributed by atoms with Gasteiger partial charge in [-0.05, 0) is 35.9 Å². The van der Waals surface area contributed by atoms with Gasteiger partial charge >= 0.3 is 0 Å². The van der Waals surface area contributed by atoms with Crippen LogP contribution in [0.25, 0.3) is 11.2 Å². The van der Waals surface area contributed by atoms with E-state index in [0.29, 0.717) is 66.8 Å². The lowest BCUT2D eigenvalue weighted by molar-refractivity contribution is 0.0746. The number of pyridine rings is 1. The first-order valence-corrected chi connectivity index (χ1v) is 11.5. The molecule has 6 rings (SSSR count). The van der Waals surface area contributed by atoms with Crippen LogP contribution in [-0.2, 0) is 6.54 Å². The number of rotatable bonds is 4. The zero-order chi connectivity index (χ0) is 23.8. The SMILES string of the molecule is O=C(c1ccc2c(c1)OCO2)N1CCN(c2nc3cccnc3n(Cc3ccccc3)c2=O)CC1. The first-order chi connectivity index (χ1) is 17.2. The number of hydrogen-bond donors (Lipinski definition) is 0. The summed E-state index contributed by atoms with van der Waals surface area (Å²) in [7, 11) is 0. The fraction of sp³-hybridized carbons (Fsp3) is 0.231. The number of amides is 1. The smallest absolute Gasteiger partial charge is 0.295 e. The Kier molecular flexibility index (Phi) is 5.29. The molecule has 0 N–H and O–H groups in total. The minimum atomic E-state index is -0.185. The summed E-state index contributed by atoms with van der Waals surface area (Å²) in [4.78, 5) is 39.4. The van der Waals surface area contributed by atoms with Gasteiger partial charge in [0.25, 0.3) is 11.5 Å². The number of nitrogens with zero attached hydrogens (tertiary/aromatic N) is 5.